The molecule has 4 heteroatoms. The van der Waals surface area contributed by atoms with Crippen molar-refractivity contribution in [2.75, 3.05) is 5.32 Å². The molecule has 1 heterocycles. The summed E-state index contributed by atoms with van der Waals surface area (Å²) in [6.07, 6.45) is 0. The van der Waals surface area contributed by atoms with E-state index < -0.39 is 0 Å². The molecule has 1 aromatic carbocycles. The minimum absolute atomic E-state index is 0.769. The minimum Gasteiger partial charge on any atom is -0.379 e. The summed E-state index contributed by atoms with van der Waals surface area (Å²) in [5, 5.41) is 5.37. The Bertz CT molecular complexity index is 436. The normalized spacial score (nSPS) is 10.3. The molecule has 0 unspecified atom stereocenters. The van der Waals surface area contributed by atoms with Crippen LogP contribution in [0.25, 0.3) is 0 Å². The van der Waals surface area contributed by atoms with E-state index in [1.807, 2.05) is 5.38 Å². The predicted octanol–water partition coefficient (Wildman–Crippen LogP) is 3.83. The van der Waals surface area contributed by atoms with Gasteiger partial charge in [0, 0.05) is 11.1 Å². The van der Waals surface area contributed by atoms with Crippen molar-refractivity contribution < 1.29 is 0 Å². The van der Waals surface area contributed by atoms with Crippen LogP contribution in [0.15, 0.2) is 33.6 Å². The Morgan fingerprint density at radius 1 is 1.33 bits per heavy atom. The first-order valence-electron chi connectivity index (χ1n) is 4.64. The summed E-state index contributed by atoms with van der Waals surface area (Å²) in [7, 11) is 0. The molecule has 0 amide bonds. The Hall–Kier alpha value is -0.870. The van der Waals surface area contributed by atoms with E-state index in [1.54, 1.807) is 11.3 Å². The van der Waals surface area contributed by atoms with Crippen molar-refractivity contribution in [1.29, 1.82) is 0 Å². The molecule has 0 fully saturated rings. The molecule has 0 saturated heterocycles. The summed E-state index contributed by atoms with van der Waals surface area (Å²) in [4.78, 5) is 4.32. The van der Waals surface area contributed by atoms with Gasteiger partial charge in [-0.15, -0.1) is 11.3 Å². The number of aryl methyl sites for hydroxylation is 1. The molecule has 0 spiro atoms. The van der Waals surface area contributed by atoms with Crippen molar-refractivity contribution >= 4 is 33.0 Å². The second-order valence-electron chi connectivity index (χ2n) is 3.31. The van der Waals surface area contributed by atoms with Crippen LogP contribution in [0.2, 0.25) is 0 Å². The van der Waals surface area contributed by atoms with Crippen molar-refractivity contribution in [2.45, 2.75) is 13.5 Å². The molecular formula is C11H11BrN2S. The molecule has 1 N–H and O–H groups in total. The monoisotopic (exact) mass is 282 g/mol. The van der Waals surface area contributed by atoms with Gasteiger partial charge in [0.05, 0.1) is 12.2 Å². The van der Waals surface area contributed by atoms with E-state index in [1.165, 1.54) is 5.56 Å². The largest absolute Gasteiger partial charge is 0.379 e. The molecule has 0 aliphatic carbocycles. The van der Waals surface area contributed by atoms with E-state index in [2.05, 4.69) is 57.4 Å². The molecule has 0 radical (unpaired) electrons. The fraction of sp³-hybridized carbons (Fsp3) is 0.182. The highest BCUT2D eigenvalue weighted by atomic mass is 79.9. The molecule has 2 rings (SSSR count). The highest BCUT2D eigenvalue weighted by Crippen LogP contribution is 2.17. The van der Waals surface area contributed by atoms with Crippen molar-refractivity contribution in [3.63, 3.8) is 0 Å². The molecule has 0 atom stereocenters. The van der Waals surface area contributed by atoms with E-state index >= 15 is 0 Å². The molecule has 0 bridgehead atoms. The summed E-state index contributed by atoms with van der Waals surface area (Å²) in [5.74, 6) is 0. The lowest BCUT2D eigenvalue weighted by atomic mass is 10.2. The van der Waals surface area contributed by atoms with Gasteiger partial charge in [-0.05, 0) is 35.0 Å². The standard InChI is InChI=1S/C11H11BrN2S/c1-8-2-4-9(5-3-8)13-6-10-7-15-11(12)14-10/h2-5,7,13H,6H2,1H3. The van der Waals surface area contributed by atoms with Crippen molar-refractivity contribution in [3.05, 3.63) is 44.8 Å². The smallest absolute Gasteiger partial charge is 0.159 e. The van der Waals surface area contributed by atoms with Gasteiger partial charge in [-0.3, -0.25) is 0 Å². The summed E-state index contributed by atoms with van der Waals surface area (Å²) < 4.78 is 0.934. The average Bonchev–Trinajstić information content (AvgIpc) is 2.64. The zero-order valence-electron chi connectivity index (χ0n) is 8.33. The van der Waals surface area contributed by atoms with E-state index in [0.29, 0.717) is 0 Å². The Morgan fingerprint density at radius 2 is 2.07 bits per heavy atom. The molecule has 0 aliphatic rings. The van der Waals surface area contributed by atoms with E-state index in [-0.39, 0.29) is 0 Å². The van der Waals surface area contributed by atoms with Crippen LogP contribution in [0, 0.1) is 6.92 Å². The minimum atomic E-state index is 0.769. The number of nitrogens with zero attached hydrogens (tertiary/aromatic N) is 1. The molecule has 1 aromatic heterocycles. The SMILES string of the molecule is Cc1ccc(NCc2csc(Br)n2)cc1. The first-order chi connectivity index (χ1) is 7.24. The lowest BCUT2D eigenvalue weighted by Crippen LogP contribution is -1.99. The summed E-state index contributed by atoms with van der Waals surface area (Å²) in [6, 6.07) is 8.35. The lowest BCUT2D eigenvalue weighted by molar-refractivity contribution is 1.07. The van der Waals surface area contributed by atoms with Gasteiger partial charge in [0.15, 0.2) is 3.92 Å². The first-order valence-corrected chi connectivity index (χ1v) is 6.32. The lowest BCUT2D eigenvalue weighted by Gasteiger charge is -2.04. The van der Waals surface area contributed by atoms with Crippen LogP contribution in [0.4, 0.5) is 5.69 Å². The number of nitrogens with one attached hydrogen (secondary N) is 1. The number of hydrogen-bond acceptors (Lipinski definition) is 3. The van der Waals surface area contributed by atoms with E-state index in [9.17, 15) is 0 Å². The van der Waals surface area contributed by atoms with Gasteiger partial charge >= 0.3 is 0 Å². The molecule has 78 valence electrons. The molecule has 0 aliphatic heterocycles. The molecule has 2 aromatic rings. The number of rotatable bonds is 3. The number of halogens is 1. The molecule has 2 nitrogen and oxygen atoms in total. The molecular weight excluding hydrogens is 272 g/mol. The van der Waals surface area contributed by atoms with Gasteiger partial charge in [0.2, 0.25) is 0 Å². The maximum absolute atomic E-state index is 4.32. The fourth-order valence-electron chi connectivity index (χ4n) is 1.23. The van der Waals surface area contributed by atoms with Crippen molar-refractivity contribution in [1.82, 2.24) is 4.98 Å². The van der Waals surface area contributed by atoms with Crippen molar-refractivity contribution in [2.24, 2.45) is 0 Å². The number of thiazole rings is 1. The Morgan fingerprint density at radius 3 is 2.67 bits per heavy atom. The van der Waals surface area contributed by atoms with Crippen molar-refractivity contribution in [3.8, 4) is 0 Å². The van der Waals surface area contributed by atoms with Gasteiger partial charge in [0.1, 0.15) is 0 Å². The van der Waals surface area contributed by atoms with Gasteiger partial charge in [-0.1, -0.05) is 17.7 Å². The van der Waals surface area contributed by atoms with Crippen LogP contribution in [-0.2, 0) is 6.54 Å². The van der Waals surface area contributed by atoms with Crippen LogP contribution >= 0.6 is 27.3 Å². The van der Waals surface area contributed by atoms with Crippen LogP contribution in [0.3, 0.4) is 0 Å². The number of benzene rings is 1. The summed E-state index contributed by atoms with van der Waals surface area (Å²) >= 11 is 4.96. The quantitative estimate of drug-likeness (QED) is 0.926. The third-order valence-electron chi connectivity index (χ3n) is 2.05. The zero-order chi connectivity index (χ0) is 10.7. The number of aromatic nitrogens is 1. The van der Waals surface area contributed by atoms with Crippen LogP contribution in [-0.4, -0.2) is 4.98 Å². The maximum atomic E-state index is 4.32. The third-order valence-corrected chi connectivity index (χ3v) is 3.46. The highest BCUT2D eigenvalue weighted by molar-refractivity contribution is 9.11. The van der Waals surface area contributed by atoms with Gasteiger partial charge in [0.25, 0.3) is 0 Å². The molecule has 15 heavy (non-hydrogen) atoms. The summed E-state index contributed by atoms with van der Waals surface area (Å²) in [6.45, 7) is 2.85. The average molecular weight is 283 g/mol. The second-order valence-corrected chi connectivity index (χ2v) is 5.45. The third kappa shape index (κ3) is 3.04. The van der Waals surface area contributed by atoms with E-state index in [4.69, 9.17) is 0 Å². The summed E-state index contributed by atoms with van der Waals surface area (Å²) in [5.41, 5.74) is 3.47. The number of anilines is 1. The highest BCUT2D eigenvalue weighted by Gasteiger charge is 1.98. The van der Waals surface area contributed by atoms with Crippen LogP contribution in [0.1, 0.15) is 11.3 Å². The number of hydrogen-bond donors (Lipinski definition) is 1. The Kier molecular flexibility index (Phi) is 3.38. The topological polar surface area (TPSA) is 24.9 Å². The first kappa shape index (κ1) is 10.6. The van der Waals surface area contributed by atoms with Crippen LogP contribution in [0.5, 0.6) is 0 Å². The predicted molar refractivity (Wildman–Crippen MR) is 68.3 cm³/mol. The van der Waals surface area contributed by atoms with Gasteiger partial charge in [-0.25, -0.2) is 4.98 Å². The van der Waals surface area contributed by atoms with Gasteiger partial charge < -0.3 is 5.32 Å². The molecule has 0 saturated carbocycles. The second kappa shape index (κ2) is 4.77. The Labute approximate surface area is 101 Å². The fourth-order valence-corrected chi connectivity index (χ4v) is 2.27. The van der Waals surface area contributed by atoms with Crippen LogP contribution < -0.4 is 5.32 Å². The van der Waals surface area contributed by atoms with Gasteiger partial charge in [-0.2, -0.15) is 0 Å². The zero-order valence-corrected chi connectivity index (χ0v) is 10.7. The maximum Gasteiger partial charge on any atom is 0.159 e. The Balaban J connectivity index is 1.96. The van der Waals surface area contributed by atoms with E-state index in [0.717, 1.165) is 21.8 Å².